The Kier molecular flexibility index (Phi) is 4.13. The number of hydrogen-bond donors (Lipinski definition) is 0. The van der Waals surface area contributed by atoms with E-state index in [0.29, 0.717) is 11.4 Å². The van der Waals surface area contributed by atoms with Crippen LogP contribution in [0.5, 0.6) is 0 Å². The topological polar surface area (TPSA) is 43.4 Å². The van der Waals surface area contributed by atoms with Gasteiger partial charge in [-0.3, -0.25) is 4.18 Å². The van der Waals surface area contributed by atoms with Crippen molar-refractivity contribution in [1.29, 1.82) is 0 Å². The van der Waals surface area contributed by atoms with E-state index < -0.39 is 16.2 Å². The summed E-state index contributed by atoms with van der Waals surface area (Å²) in [6, 6.07) is 7.01. The molecule has 0 heterocycles. The lowest BCUT2D eigenvalue weighted by Crippen LogP contribution is -2.09. The largest absolute Gasteiger partial charge is 0.264 e. The van der Waals surface area contributed by atoms with Gasteiger partial charge in [-0.25, -0.2) is 0 Å². The maximum atomic E-state index is 11.0. The summed E-state index contributed by atoms with van der Waals surface area (Å²) >= 11 is 5.81. The Morgan fingerprint density at radius 1 is 1.47 bits per heavy atom. The average molecular weight is 249 g/mol. The minimum Gasteiger partial charge on any atom is -0.262 e. The first kappa shape index (κ1) is 12.5. The van der Waals surface area contributed by atoms with Crippen LogP contribution in [0.15, 0.2) is 24.3 Å². The van der Waals surface area contributed by atoms with E-state index >= 15 is 0 Å². The monoisotopic (exact) mass is 248 g/mol. The molecule has 0 aliphatic heterocycles. The van der Waals surface area contributed by atoms with Crippen molar-refractivity contribution in [2.75, 3.05) is 6.26 Å². The first-order chi connectivity index (χ1) is 6.92. The van der Waals surface area contributed by atoms with Gasteiger partial charge in [0.25, 0.3) is 10.1 Å². The SMILES string of the molecule is CCC(OS(C)(=O)=O)c1cccc(Cl)c1. The second kappa shape index (κ2) is 4.96. The van der Waals surface area contributed by atoms with E-state index in [1.807, 2.05) is 6.92 Å². The molecule has 0 amide bonds. The fourth-order valence-corrected chi connectivity index (χ4v) is 2.15. The molecule has 15 heavy (non-hydrogen) atoms. The average Bonchev–Trinajstić information content (AvgIpc) is 2.13. The van der Waals surface area contributed by atoms with Crippen molar-refractivity contribution >= 4 is 21.7 Å². The summed E-state index contributed by atoms with van der Waals surface area (Å²) in [5, 5.41) is 0.572. The zero-order chi connectivity index (χ0) is 11.5. The maximum absolute atomic E-state index is 11.0. The molecule has 0 saturated carbocycles. The molecular weight excluding hydrogens is 236 g/mol. The summed E-state index contributed by atoms with van der Waals surface area (Å²) in [6.45, 7) is 1.86. The van der Waals surface area contributed by atoms with E-state index in [0.717, 1.165) is 11.8 Å². The molecule has 0 fully saturated rings. The summed E-state index contributed by atoms with van der Waals surface area (Å²) in [7, 11) is -3.44. The second-order valence-electron chi connectivity index (χ2n) is 3.25. The van der Waals surface area contributed by atoms with Crippen molar-refractivity contribution in [1.82, 2.24) is 0 Å². The highest BCUT2D eigenvalue weighted by Crippen LogP contribution is 2.24. The van der Waals surface area contributed by atoms with Crippen LogP contribution in [0.25, 0.3) is 0 Å². The van der Waals surface area contributed by atoms with Crippen molar-refractivity contribution in [3.8, 4) is 0 Å². The molecule has 1 unspecified atom stereocenters. The third-order valence-corrected chi connectivity index (χ3v) is 2.70. The quantitative estimate of drug-likeness (QED) is 0.770. The lowest BCUT2D eigenvalue weighted by atomic mass is 10.1. The molecule has 5 heteroatoms. The third-order valence-electron chi connectivity index (χ3n) is 1.88. The van der Waals surface area contributed by atoms with Gasteiger partial charge < -0.3 is 0 Å². The minimum absolute atomic E-state index is 0.460. The molecule has 1 aromatic rings. The predicted molar refractivity (Wildman–Crippen MR) is 60.4 cm³/mol. The smallest absolute Gasteiger partial charge is 0.262 e. The molecular formula is C10H13ClO3S. The number of benzene rings is 1. The number of hydrogen-bond acceptors (Lipinski definition) is 3. The lowest BCUT2D eigenvalue weighted by molar-refractivity contribution is 0.211. The van der Waals surface area contributed by atoms with Gasteiger partial charge in [0, 0.05) is 5.02 Å². The van der Waals surface area contributed by atoms with E-state index in [9.17, 15) is 8.42 Å². The Labute approximate surface area is 95.1 Å². The zero-order valence-corrected chi connectivity index (χ0v) is 10.2. The number of rotatable bonds is 4. The van der Waals surface area contributed by atoms with E-state index in [-0.39, 0.29) is 0 Å². The van der Waals surface area contributed by atoms with Crippen LogP contribution in [0.1, 0.15) is 25.0 Å². The third kappa shape index (κ3) is 4.20. The van der Waals surface area contributed by atoms with Crippen molar-refractivity contribution in [3.05, 3.63) is 34.9 Å². The van der Waals surface area contributed by atoms with Crippen LogP contribution in [0, 0.1) is 0 Å². The molecule has 0 radical (unpaired) electrons. The van der Waals surface area contributed by atoms with Crippen LogP contribution in [0.2, 0.25) is 5.02 Å². The zero-order valence-electron chi connectivity index (χ0n) is 8.60. The van der Waals surface area contributed by atoms with Crippen molar-refractivity contribution in [3.63, 3.8) is 0 Å². The molecule has 1 atom stereocenters. The molecule has 0 aliphatic carbocycles. The van der Waals surface area contributed by atoms with Crippen LogP contribution in [-0.2, 0) is 14.3 Å². The van der Waals surface area contributed by atoms with Crippen LogP contribution < -0.4 is 0 Å². The Hall–Kier alpha value is -0.580. The number of halogens is 1. The fourth-order valence-electron chi connectivity index (χ4n) is 1.28. The van der Waals surface area contributed by atoms with E-state index in [2.05, 4.69) is 0 Å². The fraction of sp³-hybridized carbons (Fsp3) is 0.400. The Bertz CT molecular complexity index is 428. The van der Waals surface area contributed by atoms with Crippen LogP contribution in [0.4, 0.5) is 0 Å². The summed E-state index contributed by atoms with van der Waals surface area (Å²) in [5.41, 5.74) is 0.774. The molecule has 0 saturated heterocycles. The van der Waals surface area contributed by atoms with E-state index in [1.54, 1.807) is 24.3 Å². The lowest BCUT2D eigenvalue weighted by Gasteiger charge is -2.14. The van der Waals surface area contributed by atoms with Gasteiger partial charge in [-0.05, 0) is 24.1 Å². The van der Waals surface area contributed by atoms with Gasteiger partial charge in [0.1, 0.15) is 6.10 Å². The predicted octanol–water partition coefficient (Wildman–Crippen LogP) is 2.77. The van der Waals surface area contributed by atoms with Gasteiger partial charge in [0.2, 0.25) is 0 Å². The Morgan fingerprint density at radius 2 is 2.13 bits per heavy atom. The first-order valence-electron chi connectivity index (χ1n) is 4.56. The highest BCUT2D eigenvalue weighted by molar-refractivity contribution is 7.86. The van der Waals surface area contributed by atoms with Crippen LogP contribution in [0.3, 0.4) is 0 Å². The van der Waals surface area contributed by atoms with Gasteiger partial charge in [0.05, 0.1) is 6.26 Å². The normalized spacial score (nSPS) is 13.8. The van der Waals surface area contributed by atoms with Crippen LogP contribution in [-0.4, -0.2) is 14.7 Å². The molecule has 3 nitrogen and oxygen atoms in total. The van der Waals surface area contributed by atoms with Gasteiger partial charge in [-0.1, -0.05) is 30.7 Å². The Morgan fingerprint density at radius 3 is 2.60 bits per heavy atom. The molecule has 1 aromatic carbocycles. The molecule has 0 aliphatic rings. The van der Waals surface area contributed by atoms with Gasteiger partial charge in [-0.15, -0.1) is 0 Å². The summed E-state index contributed by atoms with van der Waals surface area (Å²) in [5.74, 6) is 0. The standard InChI is InChI=1S/C10H13ClO3S/c1-3-10(14-15(2,12)13)8-5-4-6-9(11)7-8/h4-7,10H,3H2,1-2H3. The molecule has 0 aromatic heterocycles. The second-order valence-corrected chi connectivity index (χ2v) is 5.29. The highest BCUT2D eigenvalue weighted by Gasteiger charge is 2.15. The molecule has 0 bridgehead atoms. The first-order valence-corrected chi connectivity index (χ1v) is 6.75. The molecule has 0 N–H and O–H groups in total. The van der Waals surface area contributed by atoms with Gasteiger partial charge in [-0.2, -0.15) is 8.42 Å². The van der Waals surface area contributed by atoms with Crippen molar-refractivity contribution in [2.45, 2.75) is 19.4 Å². The molecule has 84 valence electrons. The van der Waals surface area contributed by atoms with Gasteiger partial charge >= 0.3 is 0 Å². The molecule has 0 spiro atoms. The van der Waals surface area contributed by atoms with Crippen molar-refractivity contribution in [2.24, 2.45) is 0 Å². The minimum atomic E-state index is -3.44. The van der Waals surface area contributed by atoms with E-state index in [4.69, 9.17) is 15.8 Å². The summed E-state index contributed by atoms with van der Waals surface area (Å²) in [4.78, 5) is 0. The van der Waals surface area contributed by atoms with Crippen molar-refractivity contribution < 1.29 is 12.6 Å². The summed E-state index contributed by atoms with van der Waals surface area (Å²) < 4.78 is 26.9. The maximum Gasteiger partial charge on any atom is 0.264 e. The molecule has 1 rings (SSSR count). The highest BCUT2D eigenvalue weighted by atomic mass is 35.5. The van der Waals surface area contributed by atoms with E-state index in [1.165, 1.54) is 0 Å². The van der Waals surface area contributed by atoms with Gasteiger partial charge in [0.15, 0.2) is 0 Å². The summed E-state index contributed by atoms with van der Waals surface area (Å²) in [6.07, 6.45) is 1.16. The van der Waals surface area contributed by atoms with Crippen LogP contribution >= 0.6 is 11.6 Å². The Balaban J connectivity index is 2.93.